The molecule has 0 radical (unpaired) electrons. The number of carbonyl (C=O) groups is 1. The minimum Gasteiger partial charge on any atom is -0.493 e. The van der Waals surface area contributed by atoms with Gasteiger partial charge in [-0.15, -0.1) is 0 Å². The van der Waals surface area contributed by atoms with Gasteiger partial charge in [0.2, 0.25) is 0 Å². The molecule has 0 spiro atoms. The average molecular weight is 401 g/mol. The van der Waals surface area contributed by atoms with Gasteiger partial charge in [-0.05, 0) is 12.1 Å². The van der Waals surface area contributed by atoms with Crippen molar-refractivity contribution >= 4 is 16.9 Å². The first-order chi connectivity index (χ1) is 13.9. The van der Waals surface area contributed by atoms with Crippen molar-refractivity contribution in [3.8, 4) is 11.5 Å². The standard InChI is InChI=1S/C21H21F2N3O3/c1-4-18-24-14-7-11(21(27)26(2)3)8-17(20(14)25-18)29-15-5-6-28-16-10-12(22)9-13(23)19(15)16/h7-10,15H,4-6H2,1-3H3,(H,24,25). The third kappa shape index (κ3) is 3.50. The summed E-state index contributed by atoms with van der Waals surface area (Å²) in [7, 11) is 3.33. The first kappa shape index (κ1) is 19.2. The fourth-order valence-corrected chi connectivity index (χ4v) is 3.46. The molecule has 1 unspecified atom stereocenters. The molecule has 0 saturated carbocycles. The molecular weight excluding hydrogens is 380 g/mol. The van der Waals surface area contributed by atoms with Crippen molar-refractivity contribution < 1.29 is 23.0 Å². The summed E-state index contributed by atoms with van der Waals surface area (Å²) in [5.74, 6) is -0.373. The number of rotatable bonds is 4. The second kappa shape index (κ2) is 7.35. The molecule has 2 heterocycles. The Morgan fingerprint density at radius 1 is 1.31 bits per heavy atom. The van der Waals surface area contributed by atoms with Gasteiger partial charge in [0.05, 0.1) is 17.7 Å². The number of imidazole rings is 1. The van der Waals surface area contributed by atoms with Crippen molar-refractivity contribution in [2.75, 3.05) is 20.7 Å². The van der Waals surface area contributed by atoms with Gasteiger partial charge in [-0.25, -0.2) is 13.8 Å². The molecule has 4 rings (SSSR count). The van der Waals surface area contributed by atoms with Crippen LogP contribution in [-0.4, -0.2) is 41.5 Å². The number of aromatic amines is 1. The molecule has 6 nitrogen and oxygen atoms in total. The second-order valence-electron chi connectivity index (χ2n) is 7.15. The number of nitrogens with one attached hydrogen (secondary N) is 1. The van der Waals surface area contributed by atoms with Crippen molar-refractivity contribution in [2.24, 2.45) is 0 Å². The lowest BCUT2D eigenvalue weighted by Crippen LogP contribution is -2.22. The molecule has 2 aromatic carbocycles. The zero-order valence-corrected chi connectivity index (χ0v) is 16.4. The van der Waals surface area contributed by atoms with Gasteiger partial charge in [0.1, 0.15) is 40.6 Å². The number of nitrogens with zero attached hydrogens (tertiary/aromatic N) is 2. The number of fused-ring (bicyclic) bond motifs is 2. The molecule has 0 saturated heterocycles. The van der Waals surface area contributed by atoms with Crippen LogP contribution >= 0.6 is 0 Å². The summed E-state index contributed by atoms with van der Waals surface area (Å²) in [5, 5.41) is 0. The molecule has 1 aliphatic rings. The van der Waals surface area contributed by atoms with Gasteiger partial charge in [-0.3, -0.25) is 4.79 Å². The maximum atomic E-state index is 14.5. The number of aryl methyl sites for hydroxylation is 1. The highest BCUT2D eigenvalue weighted by atomic mass is 19.1. The Morgan fingerprint density at radius 3 is 2.83 bits per heavy atom. The molecule has 0 bridgehead atoms. The van der Waals surface area contributed by atoms with E-state index >= 15 is 0 Å². The van der Waals surface area contributed by atoms with Crippen LogP contribution in [-0.2, 0) is 6.42 Å². The minimum atomic E-state index is -0.724. The van der Waals surface area contributed by atoms with Gasteiger partial charge in [0.25, 0.3) is 5.91 Å². The number of hydrogen-bond donors (Lipinski definition) is 1. The number of benzene rings is 2. The van der Waals surface area contributed by atoms with Gasteiger partial charge < -0.3 is 19.4 Å². The van der Waals surface area contributed by atoms with Crippen LogP contribution in [0.2, 0.25) is 0 Å². The van der Waals surface area contributed by atoms with E-state index in [9.17, 15) is 13.6 Å². The van der Waals surface area contributed by atoms with Gasteiger partial charge in [-0.2, -0.15) is 0 Å². The molecule has 1 N–H and O–H groups in total. The van der Waals surface area contributed by atoms with Crippen molar-refractivity contribution in [3.63, 3.8) is 0 Å². The van der Waals surface area contributed by atoms with Crippen LogP contribution in [0.25, 0.3) is 11.0 Å². The van der Waals surface area contributed by atoms with Gasteiger partial charge in [0, 0.05) is 44.6 Å². The van der Waals surface area contributed by atoms with E-state index in [2.05, 4.69) is 9.97 Å². The molecular formula is C21H21F2N3O3. The van der Waals surface area contributed by atoms with E-state index in [-0.39, 0.29) is 23.8 Å². The van der Waals surface area contributed by atoms with E-state index in [1.54, 1.807) is 26.2 Å². The van der Waals surface area contributed by atoms with E-state index in [1.807, 2.05) is 6.92 Å². The smallest absolute Gasteiger partial charge is 0.253 e. The molecule has 152 valence electrons. The van der Waals surface area contributed by atoms with Gasteiger partial charge in [0.15, 0.2) is 0 Å². The number of aromatic nitrogens is 2. The minimum absolute atomic E-state index is 0.131. The molecule has 3 aromatic rings. The molecule has 1 aliphatic heterocycles. The highest BCUT2D eigenvalue weighted by molar-refractivity contribution is 5.99. The SMILES string of the molecule is CCc1nc2c(OC3CCOc4cc(F)cc(F)c43)cc(C(=O)N(C)C)cc2[nH]1. The first-order valence-corrected chi connectivity index (χ1v) is 9.40. The molecule has 1 aromatic heterocycles. The predicted octanol–water partition coefficient (Wildman–Crippen LogP) is 4.01. The summed E-state index contributed by atoms with van der Waals surface area (Å²) in [5.41, 5.74) is 1.82. The largest absolute Gasteiger partial charge is 0.493 e. The van der Waals surface area contributed by atoms with Crippen LogP contribution in [0, 0.1) is 11.6 Å². The monoisotopic (exact) mass is 401 g/mol. The Morgan fingerprint density at radius 2 is 2.10 bits per heavy atom. The first-order valence-electron chi connectivity index (χ1n) is 9.40. The lowest BCUT2D eigenvalue weighted by molar-refractivity contribution is 0.0826. The summed E-state index contributed by atoms with van der Waals surface area (Å²) in [6.45, 7) is 2.23. The molecule has 0 aliphatic carbocycles. The van der Waals surface area contributed by atoms with Gasteiger partial charge >= 0.3 is 0 Å². The third-order valence-electron chi connectivity index (χ3n) is 4.87. The summed E-state index contributed by atoms with van der Waals surface area (Å²) < 4.78 is 39.6. The normalized spacial score (nSPS) is 15.7. The Bertz CT molecular complexity index is 1090. The van der Waals surface area contributed by atoms with Crippen molar-refractivity contribution in [2.45, 2.75) is 25.9 Å². The molecule has 0 fully saturated rings. The van der Waals surface area contributed by atoms with E-state index in [4.69, 9.17) is 9.47 Å². The Kier molecular flexibility index (Phi) is 4.86. The Labute approximate surface area is 166 Å². The van der Waals surface area contributed by atoms with Crippen molar-refractivity contribution in [1.29, 1.82) is 0 Å². The Hall–Kier alpha value is -3.16. The van der Waals surface area contributed by atoms with Crippen LogP contribution < -0.4 is 9.47 Å². The number of hydrogen-bond acceptors (Lipinski definition) is 4. The van der Waals surface area contributed by atoms with Crippen LogP contribution in [0.4, 0.5) is 8.78 Å². The number of halogens is 2. The van der Waals surface area contributed by atoms with Crippen LogP contribution in [0.15, 0.2) is 24.3 Å². The topological polar surface area (TPSA) is 67.5 Å². The van der Waals surface area contributed by atoms with Gasteiger partial charge in [-0.1, -0.05) is 6.92 Å². The number of carbonyl (C=O) groups excluding carboxylic acids is 1. The van der Waals surface area contributed by atoms with E-state index in [0.717, 1.165) is 18.0 Å². The molecule has 1 amide bonds. The number of ether oxygens (including phenoxy) is 2. The highest BCUT2D eigenvalue weighted by Gasteiger charge is 2.29. The zero-order valence-electron chi connectivity index (χ0n) is 16.4. The van der Waals surface area contributed by atoms with Crippen LogP contribution in [0.1, 0.15) is 41.2 Å². The van der Waals surface area contributed by atoms with E-state index in [1.165, 1.54) is 4.90 Å². The lowest BCUT2D eigenvalue weighted by atomic mass is 10.0. The maximum absolute atomic E-state index is 14.5. The average Bonchev–Trinajstić information content (AvgIpc) is 3.10. The highest BCUT2D eigenvalue weighted by Crippen LogP contribution is 2.39. The molecule has 29 heavy (non-hydrogen) atoms. The van der Waals surface area contributed by atoms with E-state index in [0.29, 0.717) is 35.2 Å². The number of H-pyrrole nitrogens is 1. The maximum Gasteiger partial charge on any atom is 0.253 e. The van der Waals surface area contributed by atoms with Crippen molar-refractivity contribution in [1.82, 2.24) is 14.9 Å². The van der Waals surface area contributed by atoms with Crippen LogP contribution in [0.3, 0.4) is 0 Å². The second-order valence-corrected chi connectivity index (χ2v) is 7.15. The van der Waals surface area contributed by atoms with Crippen molar-refractivity contribution in [3.05, 3.63) is 52.9 Å². The summed E-state index contributed by atoms with van der Waals surface area (Å²) in [6.07, 6.45) is 0.376. The molecule has 1 atom stereocenters. The summed E-state index contributed by atoms with van der Waals surface area (Å²) in [6, 6.07) is 5.31. The quantitative estimate of drug-likeness (QED) is 0.717. The third-order valence-corrected chi connectivity index (χ3v) is 4.87. The summed E-state index contributed by atoms with van der Waals surface area (Å²) >= 11 is 0. The fourth-order valence-electron chi connectivity index (χ4n) is 3.46. The Balaban J connectivity index is 1.80. The lowest BCUT2D eigenvalue weighted by Gasteiger charge is -2.27. The fraction of sp³-hybridized carbons (Fsp3) is 0.333. The molecule has 8 heteroatoms. The van der Waals surface area contributed by atoms with Crippen LogP contribution in [0.5, 0.6) is 11.5 Å². The summed E-state index contributed by atoms with van der Waals surface area (Å²) in [4.78, 5) is 21.7. The number of amides is 1. The van der Waals surface area contributed by atoms with E-state index < -0.39 is 17.7 Å². The zero-order chi connectivity index (χ0) is 20.7. The predicted molar refractivity (Wildman–Crippen MR) is 103 cm³/mol.